The van der Waals surface area contributed by atoms with Crippen molar-refractivity contribution < 1.29 is 18.3 Å². The molecule has 0 aromatic carbocycles. The lowest BCUT2D eigenvalue weighted by molar-refractivity contribution is -0.133. The summed E-state index contributed by atoms with van der Waals surface area (Å²) in [5.74, 6) is -1.08. The lowest BCUT2D eigenvalue weighted by Gasteiger charge is -2.25. The van der Waals surface area contributed by atoms with Gasteiger partial charge in [0.25, 0.3) is 0 Å². The number of hydrogen-bond donors (Lipinski definition) is 2. The summed E-state index contributed by atoms with van der Waals surface area (Å²) < 4.78 is 26.6. The monoisotopic (exact) mass is 308 g/mol. The fourth-order valence-corrected chi connectivity index (χ4v) is 3.25. The number of sulfonamides is 1. The number of hydrogen-bond acceptors (Lipinski definition) is 6. The molecule has 0 aliphatic carbocycles. The first-order valence-electron chi connectivity index (χ1n) is 5.30. The molecule has 0 aliphatic heterocycles. The topological polar surface area (TPSA) is 114 Å². The van der Waals surface area contributed by atoms with Crippen LogP contribution in [0.25, 0.3) is 0 Å². The number of nitrogens with zero attached hydrogens (tertiary/aromatic N) is 3. The second-order valence-electron chi connectivity index (χ2n) is 4.68. The van der Waals surface area contributed by atoms with Crippen molar-refractivity contribution in [2.24, 2.45) is 0 Å². The average molecular weight is 308 g/mol. The van der Waals surface area contributed by atoms with E-state index < -0.39 is 21.5 Å². The number of thioether (sulfide) groups is 1. The summed E-state index contributed by atoms with van der Waals surface area (Å²) in [6, 6.07) is 0. The molecule has 0 radical (unpaired) electrons. The van der Waals surface area contributed by atoms with Crippen molar-refractivity contribution in [1.82, 2.24) is 19.5 Å². The number of aliphatic carboxylic acids is 1. The molecule has 2 N–H and O–H groups in total. The first-order chi connectivity index (χ1) is 8.59. The van der Waals surface area contributed by atoms with E-state index in [2.05, 4.69) is 14.9 Å². The van der Waals surface area contributed by atoms with Crippen molar-refractivity contribution in [3.05, 3.63) is 6.33 Å². The van der Waals surface area contributed by atoms with Crippen LogP contribution in [0.5, 0.6) is 0 Å². The summed E-state index contributed by atoms with van der Waals surface area (Å²) in [5.41, 5.74) is -0.728. The number of carboxylic acid groups (broad SMARTS) is 1. The molecule has 1 heterocycles. The molecule has 108 valence electrons. The molecule has 0 aliphatic rings. The Morgan fingerprint density at radius 1 is 1.58 bits per heavy atom. The van der Waals surface area contributed by atoms with Crippen LogP contribution in [0.2, 0.25) is 0 Å². The lowest BCUT2D eigenvalue weighted by atomic mass is 10.1. The third-order valence-corrected chi connectivity index (χ3v) is 3.82. The van der Waals surface area contributed by atoms with Crippen LogP contribution in [0, 0.1) is 0 Å². The molecule has 1 rings (SSSR count). The Hall–Kier alpha value is -1.13. The summed E-state index contributed by atoms with van der Waals surface area (Å²) in [5, 5.41) is 16.6. The van der Waals surface area contributed by atoms with Crippen molar-refractivity contribution in [2.45, 2.75) is 31.1 Å². The minimum Gasteiger partial charge on any atom is -0.481 e. The van der Waals surface area contributed by atoms with Gasteiger partial charge in [0.15, 0.2) is 5.16 Å². The number of carboxylic acids is 1. The maximum atomic E-state index is 11.2. The Bertz CT molecular complexity index is 552. The van der Waals surface area contributed by atoms with E-state index in [0.29, 0.717) is 11.7 Å². The normalized spacial score (nSPS) is 12.6. The Kier molecular flexibility index (Phi) is 4.93. The molecule has 8 nitrogen and oxygen atoms in total. The van der Waals surface area contributed by atoms with E-state index in [1.165, 1.54) is 6.33 Å². The van der Waals surface area contributed by atoms with Gasteiger partial charge in [0.05, 0.1) is 12.0 Å². The first kappa shape index (κ1) is 15.9. The number of nitrogens with one attached hydrogen (secondary N) is 1. The number of rotatable bonds is 7. The van der Waals surface area contributed by atoms with Crippen LogP contribution in [-0.4, -0.2) is 51.8 Å². The van der Waals surface area contributed by atoms with E-state index in [0.717, 1.165) is 18.0 Å². The maximum absolute atomic E-state index is 11.2. The predicted octanol–water partition coefficient (Wildman–Crippen LogP) is -0.217. The van der Waals surface area contributed by atoms with Crippen LogP contribution in [0.1, 0.15) is 13.8 Å². The minimum atomic E-state index is -3.33. The largest absolute Gasteiger partial charge is 0.481 e. The van der Waals surface area contributed by atoms with E-state index in [1.54, 1.807) is 18.4 Å². The van der Waals surface area contributed by atoms with Gasteiger partial charge in [0.1, 0.15) is 6.33 Å². The van der Waals surface area contributed by atoms with Gasteiger partial charge in [-0.3, -0.25) is 4.79 Å². The van der Waals surface area contributed by atoms with Gasteiger partial charge in [-0.15, -0.1) is 10.2 Å². The fraction of sp³-hybridized carbons (Fsp3) is 0.667. The molecule has 19 heavy (non-hydrogen) atoms. The predicted molar refractivity (Wildman–Crippen MR) is 70.4 cm³/mol. The Morgan fingerprint density at radius 3 is 2.74 bits per heavy atom. The third-order valence-electron chi connectivity index (χ3n) is 1.93. The van der Waals surface area contributed by atoms with Crippen molar-refractivity contribution in [2.75, 3.05) is 12.0 Å². The highest BCUT2D eigenvalue weighted by atomic mass is 32.2. The fourth-order valence-electron chi connectivity index (χ4n) is 1.55. The molecule has 0 saturated carbocycles. The van der Waals surface area contributed by atoms with Crippen molar-refractivity contribution in [3.63, 3.8) is 0 Å². The van der Waals surface area contributed by atoms with Crippen LogP contribution in [0.3, 0.4) is 0 Å². The summed E-state index contributed by atoms with van der Waals surface area (Å²) in [4.78, 5) is 10.5. The summed E-state index contributed by atoms with van der Waals surface area (Å²) >= 11 is 1.03. The highest BCUT2D eigenvalue weighted by molar-refractivity contribution is 7.99. The van der Waals surface area contributed by atoms with Crippen LogP contribution < -0.4 is 4.72 Å². The standard InChI is InChI=1S/C9H16N4O4S2/c1-9(2,12-19(3,16)17)5-13-6-10-11-8(13)18-4-7(14)15/h6,12H,4-5H2,1-3H3,(H,14,15). The Balaban J connectivity index is 2.76. The zero-order chi connectivity index (χ0) is 14.7. The van der Waals surface area contributed by atoms with Gasteiger partial charge in [-0.25, -0.2) is 13.1 Å². The molecular weight excluding hydrogens is 292 g/mol. The zero-order valence-electron chi connectivity index (χ0n) is 10.8. The van der Waals surface area contributed by atoms with Crippen LogP contribution in [-0.2, 0) is 21.4 Å². The second kappa shape index (κ2) is 5.88. The molecule has 0 bridgehead atoms. The van der Waals surface area contributed by atoms with E-state index in [9.17, 15) is 13.2 Å². The highest BCUT2D eigenvalue weighted by Crippen LogP contribution is 2.17. The third kappa shape index (κ3) is 6.03. The molecule has 10 heteroatoms. The maximum Gasteiger partial charge on any atom is 0.313 e. The van der Waals surface area contributed by atoms with Crippen LogP contribution in [0.4, 0.5) is 0 Å². The van der Waals surface area contributed by atoms with Crippen LogP contribution >= 0.6 is 11.8 Å². The lowest BCUT2D eigenvalue weighted by Crippen LogP contribution is -2.46. The molecule has 0 spiro atoms. The van der Waals surface area contributed by atoms with E-state index in [-0.39, 0.29) is 5.75 Å². The number of carbonyl (C=O) groups is 1. The molecule has 0 atom stereocenters. The quantitative estimate of drug-likeness (QED) is 0.669. The van der Waals surface area contributed by atoms with E-state index in [1.807, 2.05) is 0 Å². The van der Waals surface area contributed by atoms with Gasteiger partial charge in [-0.2, -0.15) is 0 Å². The van der Waals surface area contributed by atoms with Crippen molar-refractivity contribution >= 4 is 27.8 Å². The molecule has 1 aromatic heterocycles. The van der Waals surface area contributed by atoms with Gasteiger partial charge in [-0.05, 0) is 13.8 Å². The Labute approximate surface area is 115 Å². The first-order valence-corrected chi connectivity index (χ1v) is 8.18. The van der Waals surface area contributed by atoms with Gasteiger partial charge >= 0.3 is 5.97 Å². The minimum absolute atomic E-state index is 0.126. The zero-order valence-corrected chi connectivity index (χ0v) is 12.5. The molecular formula is C9H16N4O4S2. The van der Waals surface area contributed by atoms with E-state index >= 15 is 0 Å². The van der Waals surface area contributed by atoms with Gasteiger partial charge in [0, 0.05) is 12.1 Å². The summed E-state index contributed by atoms with van der Waals surface area (Å²) in [6.07, 6.45) is 2.52. The second-order valence-corrected chi connectivity index (χ2v) is 7.37. The van der Waals surface area contributed by atoms with Gasteiger partial charge in [0.2, 0.25) is 10.0 Å². The summed E-state index contributed by atoms with van der Waals surface area (Å²) in [6.45, 7) is 3.74. The smallest absolute Gasteiger partial charge is 0.313 e. The molecule has 0 unspecified atom stereocenters. The number of aromatic nitrogens is 3. The molecule has 1 aromatic rings. The van der Waals surface area contributed by atoms with E-state index in [4.69, 9.17) is 5.11 Å². The average Bonchev–Trinajstić information content (AvgIpc) is 2.57. The Morgan fingerprint density at radius 2 is 2.21 bits per heavy atom. The van der Waals surface area contributed by atoms with Crippen LogP contribution in [0.15, 0.2) is 11.5 Å². The molecule has 0 saturated heterocycles. The van der Waals surface area contributed by atoms with Gasteiger partial charge in [-0.1, -0.05) is 11.8 Å². The van der Waals surface area contributed by atoms with Gasteiger partial charge < -0.3 is 9.67 Å². The molecule has 0 amide bonds. The molecule has 0 fully saturated rings. The van der Waals surface area contributed by atoms with Crippen molar-refractivity contribution in [3.8, 4) is 0 Å². The SMILES string of the molecule is CC(C)(Cn1cnnc1SCC(=O)O)NS(C)(=O)=O. The highest BCUT2D eigenvalue weighted by Gasteiger charge is 2.24. The van der Waals surface area contributed by atoms with Crippen molar-refractivity contribution in [1.29, 1.82) is 0 Å². The summed E-state index contributed by atoms with van der Waals surface area (Å²) in [7, 11) is -3.33.